The van der Waals surface area contributed by atoms with E-state index >= 15 is 0 Å². The van der Waals surface area contributed by atoms with E-state index in [4.69, 9.17) is 11.6 Å². The standard InChI is InChI=1S/C4HClF2N2/c5-2-1-3(6)9-4(7)8-2/h1H. The molecular weight excluding hydrogens is 150 g/mol. The maximum atomic E-state index is 12.0. The summed E-state index contributed by atoms with van der Waals surface area (Å²) in [5.41, 5.74) is 0. The lowest BCUT2D eigenvalue weighted by atomic mass is 10.7. The van der Waals surface area contributed by atoms with Crippen molar-refractivity contribution in [3.8, 4) is 0 Å². The van der Waals surface area contributed by atoms with Gasteiger partial charge in [0.05, 0.1) is 0 Å². The molecule has 0 saturated heterocycles. The third-order valence-electron chi connectivity index (χ3n) is 0.636. The number of nitrogens with zero attached hydrogens (tertiary/aromatic N) is 2. The van der Waals surface area contributed by atoms with E-state index in [1.165, 1.54) is 0 Å². The minimum Gasteiger partial charge on any atom is -0.190 e. The lowest BCUT2D eigenvalue weighted by molar-refractivity contribution is 0.483. The molecule has 0 aliphatic heterocycles. The van der Waals surface area contributed by atoms with Gasteiger partial charge in [0.2, 0.25) is 5.95 Å². The second kappa shape index (κ2) is 2.23. The van der Waals surface area contributed by atoms with Gasteiger partial charge in [-0.25, -0.2) is 0 Å². The van der Waals surface area contributed by atoms with Gasteiger partial charge in [-0.1, -0.05) is 11.6 Å². The molecule has 0 aliphatic rings. The predicted molar refractivity (Wildman–Crippen MR) is 27.0 cm³/mol. The van der Waals surface area contributed by atoms with Crippen molar-refractivity contribution in [3.05, 3.63) is 23.2 Å². The van der Waals surface area contributed by atoms with Crippen molar-refractivity contribution < 1.29 is 8.78 Å². The summed E-state index contributed by atoms with van der Waals surface area (Å²) in [4.78, 5) is 5.69. The first-order valence-corrected chi connectivity index (χ1v) is 2.42. The Hall–Kier alpha value is -0.770. The summed E-state index contributed by atoms with van der Waals surface area (Å²) >= 11 is 5.12. The Morgan fingerprint density at radius 3 is 2.44 bits per heavy atom. The summed E-state index contributed by atoms with van der Waals surface area (Å²) in [6.45, 7) is 0. The van der Waals surface area contributed by atoms with Crippen molar-refractivity contribution in [2.75, 3.05) is 0 Å². The molecule has 2 nitrogen and oxygen atoms in total. The molecule has 1 heterocycles. The van der Waals surface area contributed by atoms with E-state index in [-0.39, 0.29) is 5.15 Å². The van der Waals surface area contributed by atoms with E-state index in [2.05, 4.69) is 9.97 Å². The van der Waals surface area contributed by atoms with Gasteiger partial charge in [-0.3, -0.25) is 0 Å². The Kier molecular flexibility index (Phi) is 1.57. The molecule has 1 aromatic heterocycles. The molecule has 1 aromatic rings. The second-order valence-corrected chi connectivity index (χ2v) is 1.67. The van der Waals surface area contributed by atoms with Crippen LogP contribution in [-0.2, 0) is 0 Å². The van der Waals surface area contributed by atoms with Gasteiger partial charge in [-0.15, -0.1) is 0 Å². The third-order valence-corrected chi connectivity index (χ3v) is 0.830. The molecule has 0 radical (unpaired) electrons. The monoisotopic (exact) mass is 150 g/mol. The molecule has 0 aromatic carbocycles. The second-order valence-electron chi connectivity index (χ2n) is 1.28. The Morgan fingerprint density at radius 1 is 1.33 bits per heavy atom. The van der Waals surface area contributed by atoms with Gasteiger partial charge >= 0.3 is 6.08 Å². The summed E-state index contributed by atoms with van der Waals surface area (Å²) in [6.07, 6.45) is -1.15. The van der Waals surface area contributed by atoms with Crippen LogP contribution in [0.3, 0.4) is 0 Å². The quantitative estimate of drug-likeness (QED) is 0.413. The molecule has 0 fully saturated rings. The first kappa shape index (κ1) is 6.35. The molecule has 48 valence electrons. The van der Waals surface area contributed by atoms with Gasteiger partial charge in [0.25, 0.3) is 0 Å². The molecule has 1 rings (SSSR count). The number of hydrogen-bond donors (Lipinski definition) is 0. The molecule has 5 heteroatoms. The Morgan fingerprint density at radius 2 is 2.00 bits per heavy atom. The largest absolute Gasteiger partial charge is 0.312 e. The highest BCUT2D eigenvalue weighted by Crippen LogP contribution is 2.03. The zero-order valence-corrected chi connectivity index (χ0v) is 4.86. The van der Waals surface area contributed by atoms with E-state index in [0.29, 0.717) is 0 Å². The molecular formula is C4HClF2N2. The van der Waals surface area contributed by atoms with E-state index in [9.17, 15) is 8.78 Å². The summed E-state index contributed by atoms with van der Waals surface area (Å²) in [5, 5.41) is -0.236. The van der Waals surface area contributed by atoms with Crippen molar-refractivity contribution in [1.82, 2.24) is 9.97 Å². The maximum Gasteiger partial charge on any atom is 0.312 e. The highest BCUT2D eigenvalue weighted by molar-refractivity contribution is 6.29. The Labute approximate surface area is 54.5 Å². The first-order chi connectivity index (χ1) is 4.18. The van der Waals surface area contributed by atoms with Crippen molar-refractivity contribution in [2.45, 2.75) is 0 Å². The van der Waals surface area contributed by atoms with Gasteiger partial charge in [-0.05, 0) is 0 Å². The summed E-state index contributed by atoms with van der Waals surface area (Å²) in [6, 6.07) is 0.824. The summed E-state index contributed by atoms with van der Waals surface area (Å²) in [7, 11) is 0. The van der Waals surface area contributed by atoms with Gasteiger partial charge < -0.3 is 0 Å². The number of rotatable bonds is 0. The zero-order valence-electron chi connectivity index (χ0n) is 4.11. The van der Waals surface area contributed by atoms with Crippen LogP contribution in [0, 0.1) is 12.0 Å². The zero-order chi connectivity index (χ0) is 6.85. The van der Waals surface area contributed by atoms with E-state index in [0.717, 1.165) is 6.07 Å². The predicted octanol–water partition coefficient (Wildman–Crippen LogP) is 1.41. The molecule has 0 aliphatic carbocycles. The van der Waals surface area contributed by atoms with Gasteiger partial charge in [-0.2, -0.15) is 18.7 Å². The average molecular weight is 151 g/mol. The van der Waals surface area contributed by atoms with Crippen LogP contribution in [0.1, 0.15) is 0 Å². The van der Waals surface area contributed by atoms with Crippen molar-refractivity contribution in [3.63, 3.8) is 0 Å². The minimum atomic E-state index is -1.15. The van der Waals surface area contributed by atoms with Gasteiger partial charge in [0.1, 0.15) is 5.15 Å². The fraction of sp³-hybridized carbons (Fsp3) is 0. The maximum absolute atomic E-state index is 12.0. The van der Waals surface area contributed by atoms with Gasteiger partial charge in [0.15, 0.2) is 0 Å². The lowest BCUT2D eigenvalue weighted by Gasteiger charge is -1.87. The van der Waals surface area contributed by atoms with Crippen molar-refractivity contribution >= 4 is 11.6 Å². The fourth-order valence-electron chi connectivity index (χ4n) is 0.364. The Bertz CT molecular complexity index is 177. The van der Waals surface area contributed by atoms with Crippen molar-refractivity contribution in [2.24, 2.45) is 0 Å². The first-order valence-electron chi connectivity index (χ1n) is 2.04. The van der Waals surface area contributed by atoms with Crippen LogP contribution in [0.2, 0.25) is 5.15 Å². The molecule has 0 bridgehead atoms. The highest BCUT2D eigenvalue weighted by Gasteiger charge is 1.98. The van der Waals surface area contributed by atoms with E-state index in [1.807, 2.05) is 0 Å². The third kappa shape index (κ3) is 1.57. The topological polar surface area (TPSA) is 25.8 Å². The summed E-state index contributed by atoms with van der Waals surface area (Å²) < 4.78 is 23.8. The van der Waals surface area contributed by atoms with Crippen LogP contribution >= 0.6 is 11.6 Å². The molecule has 0 N–H and O–H groups in total. The average Bonchev–Trinajstić information content (AvgIpc) is 1.59. The molecule has 0 saturated carbocycles. The van der Waals surface area contributed by atoms with Crippen LogP contribution in [0.5, 0.6) is 0 Å². The lowest BCUT2D eigenvalue weighted by Crippen LogP contribution is -1.91. The van der Waals surface area contributed by atoms with Gasteiger partial charge in [0, 0.05) is 6.07 Å². The summed E-state index contributed by atoms with van der Waals surface area (Å²) in [5.74, 6) is -0.965. The fourth-order valence-corrected chi connectivity index (χ4v) is 0.524. The smallest absolute Gasteiger partial charge is 0.190 e. The molecule has 0 unspecified atom stereocenters. The SMILES string of the molecule is Fc1cc(Cl)nc(F)n1. The van der Waals surface area contributed by atoms with Crippen LogP contribution in [0.15, 0.2) is 6.07 Å². The number of hydrogen-bond acceptors (Lipinski definition) is 2. The molecule has 0 spiro atoms. The van der Waals surface area contributed by atoms with E-state index < -0.39 is 12.0 Å². The highest BCUT2D eigenvalue weighted by atomic mass is 35.5. The van der Waals surface area contributed by atoms with Crippen LogP contribution in [0.4, 0.5) is 8.78 Å². The van der Waals surface area contributed by atoms with Crippen LogP contribution in [-0.4, -0.2) is 9.97 Å². The minimum absolute atomic E-state index is 0.236. The van der Waals surface area contributed by atoms with Crippen LogP contribution < -0.4 is 0 Å². The normalized spacial score (nSPS) is 9.67. The van der Waals surface area contributed by atoms with Crippen LogP contribution in [0.25, 0.3) is 0 Å². The Balaban J connectivity index is 3.17. The molecule has 0 atom stereocenters. The van der Waals surface area contributed by atoms with Crippen molar-refractivity contribution in [1.29, 1.82) is 0 Å². The molecule has 0 amide bonds. The van der Waals surface area contributed by atoms with E-state index in [1.54, 1.807) is 0 Å². The number of halogens is 3. The number of aromatic nitrogens is 2. The molecule has 9 heavy (non-hydrogen) atoms.